The summed E-state index contributed by atoms with van der Waals surface area (Å²) in [4.78, 5) is 22.8. The van der Waals surface area contributed by atoms with E-state index in [4.69, 9.17) is 9.05 Å². The molecule has 1 amide bonds. The summed E-state index contributed by atoms with van der Waals surface area (Å²) in [5.74, 6) is -0.183. The number of likely N-dealkylation sites (N-methyl/N-ethyl adjacent to an activating group) is 1. The molecule has 3 unspecified atom stereocenters. The zero-order valence-corrected chi connectivity index (χ0v) is 29.6. The SMILES string of the molecule is CCCCCC/C=C/C(O)C(COP(=O)(O)OCC[N+](C)(C)C)NC(=O)CCCCCCCCCCCCCCCCC. The molecule has 0 aliphatic heterocycles. The minimum absolute atomic E-state index is 0.0632. The first-order chi connectivity index (χ1) is 20.5. The van der Waals surface area contributed by atoms with Crippen LogP contribution in [0.4, 0.5) is 0 Å². The predicted octanol–water partition coefficient (Wildman–Crippen LogP) is 8.46. The number of carbonyl (C=O) groups is 1. The largest absolute Gasteiger partial charge is 0.472 e. The summed E-state index contributed by atoms with van der Waals surface area (Å²) in [7, 11) is 1.57. The highest BCUT2D eigenvalue weighted by molar-refractivity contribution is 7.47. The highest BCUT2D eigenvalue weighted by Crippen LogP contribution is 2.43. The summed E-state index contributed by atoms with van der Waals surface area (Å²) < 4.78 is 23.3. The van der Waals surface area contributed by atoms with E-state index in [9.17, 15) is 19.4 Å². The summed E-state index contributed by atoms with van der Waals surface area (Å²) >= 11 is 0. The normalized spacial score (nSPS) is 15.0. The average molecular weight is 634 g/mol. The molecule has 0 aromatic heterocycles. The maximum Gasteiger partial charge on any atom is 0.472 e. The third-order valence-corrected chi connectivity index (χ3v) is 8.74. The van der Waals surface area contributed by atoms with E-state index in [0.29, 0.717) is 17.4 Å². The van der Waals surface area contributed by atoms with Gasteiger partial charge < -0.3 is 19.8 Å². The molecule has 0 rings (SSSR count). The van der Waals surface area contributed by atoms with Gasteiger partial charge in [-0.25, -0.2) is 4.57 Å². The molecule has 0 radical (unpaired) electrons. The van der Waals surface area contributed by atoms with Crippen LogP contribution in [0, 0.1) is 0 Å². The Balaban J connectivity index is 4.38. The van der Waals surface area contributed by atoms with E-state index in [1.54, 1.807) is 6.08 Å². The molecule has 3 atom stereocenters. The number of phosphoric ester groups is 1. The van der Waals surface area contributed by atoms with Gasteiger partial charge >= 0.3 is 7.82 Å². The lowest BCUT2D eigenvalue weighted by Crippen LogP contribution is -2.45. The number of amides is 1. The summed E-state index contributed by atoms with van der Waals surface area (Å²) in [5, 5.41) is 13.6. The number of nitrogens with zero attached hydrogens (tertiary/aromatic N) is 1. The summed E-state index contributed by atoms with van der Waals surface area (Å²) in [6, 6.07) is -0.835. The number of hydrogen-bond donors (Lipinski definition) is 3. The maximum absolute atomic E-state index is 12.7. The van der Waals surface area contributed by atoms with E-state index in [-0.39, 0.29) is 19.1 Å². The Kier molecular flexibility index (Phi) is 27.1. The van der Waals surface area contributed by atoms with Crippen molar-refractivity contribution in [2.75, 3.05) is 40.9 Å². The number of quaternary nitrogens is 1. The van der Waals surface area contributed by atoms with Crippen molar-refractivity contribution in [1.29, 1.82) is 0 Å². The molecule has 0 saturated heterocycles. The van der Waals surface area contributed by atoms with Gasteiger partial charge in [-0.05, 0) is 19.3 Å². The van der Waals surface area contributed by atoms with Crippen LogP contribution < -0.4 is 5.32 Å². The van der Waals surface area contributed by atoms with Crippen LogP contribution in [0.3, 0.4) is 0 Å². The first-order valence-corrected chi connectivity index (χ1v) is 19.1. The van der Waals surface area contributed by atoms with Gasteiger partial charge in [0.25, 0.3) is 0 Å². The molecular formula is C34H70N2O6P+. The van der Waals surface area contributed by atoms with Crippen LogP contribution in [-0.2, 0) is 18.4 Å². The first kappa shape index (κ1) is 42.2. The van der Waals surface area contributed by atoms with Crippen LogP contribution in [0.15, 0.2) is 12.2 Å². The molecule has 0 heterocycles. The van der Waals surface area contributed by atoms with Crippen molar-refractivity contribution in [3.8, 4) is 0 Å². The van der Waals surface area contributed by atoms with E-state index in [1.807, 2.05) is 27.2 Å². The molecule has 0 spiro atoms. The van der Waals surface area contributed by atoms with Gasteiger partial charge in [0.15, 0.2) is 0 Å². The third-order valence-electron chi connectivity index (χ3n) is 7.76. The second-order valence-electron chi connectivity index (χ2n) is 13.3. The number of nitrogens with one attached hydrogen (secondary N) is 1. The number of phosphoric acid groups is 1. The zero-order valence-electron chi connectivity index (χ0n) is 28.7. The fourth-order valence-electron chi connectivity index (χ4n) is 4.86. The lowest BCUT2D eigenvalue weighted by Gasteiger charge is -2.25. The molecular weight excluding hydrogens is 563 g/mol. The van der Waals surface area contributed by atoms with Crippen molar-refractivity contribution < 1.29 is 32.9 Å². The predicted molar refractivity (Wildman–Crippen MR) is 180 cm³/mol. The Morgan fingerprint density at radius 3 is 1.72 bits per heavy atom. The van der Waals surface area contributed by atoms with E-state index in [0.717, 1.165) is 44.9 Å². The minimum atomic E-state index is -4.31. The van der Waals surface area contributed by atoms with Crippen molar-refractivity contribution in [3.63, 3.8) is 0 Å². The molecule has 8 nitrogen and oxygen atoms in total. The summed E-state index contributed by atoms with van der Waals surface area (Å²) in [6.45, 7) is 4.71. The summed E-state index contributed by atoms with van der Waals surface area (Å²) in [5.41, 5.74) is 0. The molecule has 256 valence electrons. The fourth-order valence-corrected chi connectivity index (χ4v) is 5.60. The third kappa shape index (κ3) is 29.7. The molecule has 9 heteroatoms. The number of aliphatic hydroxyl groups excluding tert-OH is 1. The highest BCUT2D eigenvalue weighted by Gasteiger charge is 2.27. The second-order valence-corrected chi connectivity index (χ2v) is 14.7. The molecule has 3 N–H and O–H groups in total. The molecule has 0 aromatic rings. The van der Waals surface area contributed by atoms with Crippen molar-refractivity contribution in [2.45, 2.75) is 161 Å². The number of unbranched alkanes of at least 4 members (excludes halogenated alkanes) is 18. The first-order valence-electron chi connectivity index (χ1n) is 17.6. The Morgan fingerprint density at radius 1 is 0.767 bits per heavy atom. The van der Waals surface area contributed by atoms with E-state index in [2.05, 4.69) is 19.2 Å². The topological polar surface area (TPSA) is 105 Å². The fraction of sp³-hybridized carbons (Fsp3) is 0.912. The van der Waals surface area contributed by atoms with Crippen LogP contribution in [0.5, 0.6) is 0 Å². The highest BCUT2D eigenvalue weighted by atomic mass is 31.2. The molecule has 43 heavy (non-hydrogen) atoms. The van der Waals surface area contributed by atoms with Gasteiger partial charge in [0, 0.05) is 6.42 Å². The van der Waals surface area contributed by atoms with Crippen molar-refractivity contribution >= 4 is 13.7 Å². The van der Waals surface area contributed by atoms with Gasteiger partial charge in [0.2, 0.25) is 5.91 Å². The van der Waals surface area contributed by atoms with Crippen LogP contribution in [0.1, 0.15) is 149 Å². The Hall–Kier alpha value is -0.760. The molecule has 0 aliphatic rings. The van der Waals surface area contributed by atoms with Crippen molar-refractivity contribution in [3.05, 3.63) is 12.2 Å². The van der Waals surface area contributed by atoms with E-state index in [1.165, 1.54) is 83.5 Å². The van der Waals surface area contributed by atoms with Gasteiger partial charge in [-0.3, -0.25) is 13.8 Å². The van der Waals surface area contributed by atoms with Crippen molar-refractivity contribution in [1.82, 2.24) is 5.32 Å². The summed E-state index contributed by atoms with van der Waals surface area (Å²) in [6.07, 6.45) is 27.2. The Morgan fingerprint density at radius 2 is 1.23 bits per heavy atom. The Bertz CT molecular complexity index is 728. The van der Waals surface area contributed by atoms with Gasteiger partial charge in [-0.2, -0.15) is 0 Å². The van der Waals surface area contributed by atoms with E-state index < -0.39 is 20.0 Å². The molecule has 0 fully saturated rings. The monoisotopic (exact) mass is 633 g/mol. The number of allylic oxidation sites excluding steroid dienone is 1. The lowest BCUT2D eigenvalue weighted by molar-refractivity contribution is -0.870. The number of aliphatic hydroxyl groups is 1. The zero-order chi connectivity index (χ0) is 32.2. The Labute approximate surface area is 265 Å². The van der Waals surface area contributed by atoms with Gasteiger partial charge in [-0.1, -0.05) is 135 Å². The van der Waals surface area contributed by atoms with E-state index >= 15 is 0 Å². The van der Waals surface area contributed by atoms with Crippen LogP contribution in [0.2, 0.25) is 0 Å². The number of carbonyl (C=O) groups excluding carboxylic acids is 1. The van der Waals surface area contributed by atoms with Gasteiger partial charge in [-0.15, -0.1) is 0 Å². The quantitative estimate of drug-likeness (QED) is 0.0306. The average Bonchev–Trinajstić information content (AvgIpc) is 2.94. The smallest absolute Gasteiger partial charge is 0.387 e. The van der Waals surface area contributed by atoms with Crippen LogP contribution in [0.25, 0.3) is 0 Å². The molecule has 0 aromatic carbocycles. The van der Waals surface area contributed by atoms with Crippen molar-refractivity contribution in [2.24, 2.45) is 0 Å². The molecule has 0 saturated carbocycles. The standard InChI is InChI=1S/C34H69N2O6P/c1-6-8-10-12-14-15-16-17-18-19-20-21-22-24-26-28-34(38)35-32(33(37)27-25-23-13-11-9-7-2)31-42-43(39,40)41-30-29-36(3,4)5/h25,27,32-33,37H,6-24,26,28-31H2,1-5H3,(H-,35,38,39,40)/p+1/b27-25+. The van der Waals surface area contributed by atoms with Crippen LogP contribution >= 0.6 is 7.82 Å². The van der Waals surface area contributed by atoms with Gasteiger partial charge in [0.05, 0.1) is 39.9 Å². The molecule has 0 aliphatic carbocycles. The maximum atomic E-state index is 12.7. The number of rotatable bonds is 31. The lowest BCUT2D eigenvalue weighted by atomic mass is 10.0. The second kappa shape index (κ2) is 27.5. The number of hydrogen-bond acceptors (Lipinski definition) is 5. The van der Waals surface area contributed by atoms with Gasteiger partial charge in [0.1, 0.15) is 13.2 Å². The van der Waals surface area contributed by atoms with Crippen LogP contribution in [-0.4, -0.2) is 73.4 Å². The molecule has 0 bridgehead atoms. The minimum Gasteiger partial charge on any atom is -0.387 e.